The fourth-order valence-electron chi connectivity index (χ4n) is 1.88. The van der Waals surface area contributed by atoms with Crippen LogP contribution in [0.5, 0.6) is 0 Å². The van der Waals surface area contributed by atoms with Crippen LogP contribution in [0.4, 0.5) is 0 Å². The predicted octanol–water partition coefficient (Wildman–Crippen LogP) is 5.41. The van der Waals surface area contributed by atoms with Crippen molar-refractivity contribution >= 4 is 6.21 Å². The first-order chi connectivity index (χ1) is 10.5. The van der Waals surface area contributed by atoms with Gasteiger partial charge in [-0.3, -0.25) is 4.98 Å². The Kier molecular flexibility index (Phi) is 8.54. The lowest BCUT2D eigenvalue weighted by Crippen LogP contribution is -2.13. The maximum absolute atomic E-state index is 5.49. The van der Waals surface area contributed by atoms with Crippen LogP contribution >= 0.6 is 0 Å². The van der Waals surface area contributed by atoms with Crippen molar-refractivity contribution in [2.24, 2.45) is 10.4 Å². The first-order valence-corrected chi connectivity index (χ1v) is 8.04. The van der Waals surface area contributed by atoms with E-state index in [0.717, 1.165) is 11.3 Å². The Morgan fingerprint density at radius 2 is 1.78 bits per heavy atom. The topological polar surface area (TPSA) is 25.2 Å². The third-order valence-electron chi connectivity index (χ3n) is 2.99. The van der Waals surface area contributed by atoms with Gasteiger partial charge in [0, 0.05) is 30.6 Å². The Bertz CT molecular complexity index is 543. The molecule has 0 aromatic carbocycles. The summed E-state index contributed by atoms with van der Waals surface area (Å²) in [5.74, 6) is 2.78. The standard InChI is InChI=1S/C15H19N.C6H13N/c1-6-8-12(7-2)13-9-10-14(16-11-13)15(3,4)5;1-6(2,3)5-7-4/h2,6,8-12H,1,3-5H3;5H,1-4H3/b8-6-;. The van der Waals surface area contributed by atoms with Crippen LogP contribution in [-0.4, -0.2) is 18.2 Å². The van der Waals surface area contributed by atoms with Gasteiger partial charge in [0.05, 0.1) is 5.92 Å². The molecule has 2 nitrogen and oxygen atoms in total. The van der Waals surface area contributed by atoms with Gasteiger partial charge in [-0.1, -0.05) is 65.7 Å². The van der Waals surface area contributed by atoms with E-state index in [9.17, 15) is 0 Å². The molecular formula is C21H32N2. The number of pyridine rings is 1. The molecule has 0 saturated heterocycles. The van der Waals surface area contributed by atoms with E-state index >= 15 is 0 Å². The van der Waals surface area contributed by atoms with Crippen molar-refractivity contribution in [2.45, 2.75) is 59.8 Å². The third kappa shape index (κ3) is 8.98. The Morgan fingerprint density at radius 1 is 1.17 bits per heavy atom. The normalized spacial score (nSPS) is 13.5. The van der Waals surface area contributed by atoms with E-state index in [1.165, 1.54) is 0 Å². The van der Waals surface area contributed by atoms with Gasteiger partial charge in [0.1, 0.15) is 0 Å². The fourth-order valence-corrected chi connectivity index (χ4v) is 1.88. The van der Waals surface area contributed by atoms with Gasteiger partial charge in [0.2, 0.25) is 0 Å². The molecule has 0 amide bonds. The average molecular weight is 313 g/mol. The van der Waals surface area contributed by atoms with Crippen LogP contribution in [0.3, 0.4) is 0 Å². The summed E-state index contributed by atoms with van der Waals surface area (Å²) < 4.78 is 0. The molecule has 0 radical (unpaired) electrons. The second-order valence-corrected chi connectivity index (χ2v) is 7.65. The van der Waals surface area contributed by atoms with Crippen molar-refractivity contribution < 1.29 is 0 Å². The Hall–Kier alpha value is -1.88. The molecule has 0 spiro atoms. The summed E-state index contributed by atoms with van der Waals surface area (Å²) in [6, 6.07) is 4.13. The van der Waals surface area contributed by atoms with Crippen LogP contribution in [0, 0.1) is 17.8 Å². The maximum atomic E-state index is 5.49. The number of nitrogens with zero attached hydrogens (tertiary/aromatic N) is 2. The molecule has 0 bridgehead atoms. The van der Waals surface area contributed by atoms with Crippen molar-refractivity contribution in [3.8, 4) is 12.3 Å². The van der Waals surface area contributed by atoms with E-state index in [4.69, 9.17) is 6.42 Å². The molecule has 1 unspecified atom stereocenters. The van der Waals surface area contributed by atoms with Crippen molar-refractivity contribution in [1.29, 1.82) is 0 Å². The Morgan fingerprint density at radius 3 is 2.04 bits per heavy atom. The lowest BCUT2D eigenvalue weighted by atomic mass is 9.90. The number of aromatic nitrogens is 1. The quantitative estimate of drug-likeness (QED) is 0.407. The smallest absolute Gasteiger partial charge is 0.0645 e. The highest BCUT2D eigenvalue weighted by molar-refractivity contribution is 5.63. The second kappa shape index (κ2) is 9.30. The summed E-state index contributed by atoms with van der Waals surface area (Å²) in [5.41, 5.74) is 2.51. The van der Waals surface area contributed by atoms with Gasteiger partial charge in [0.25, 0.3) is 0 Å². The van der Waals surface area contributed by atoms with Gasteiger partial charge in [0.15, 0.2) is 0 Å². The van der Waals surface area contributed by atoms with E-state index in [0.29, 0.717) is 0 Å². The zero-order chi connectivity index (χ0) is 18.1. The maximum Gasteiger partial charge on any atom is 0.0645 e. The zero-order valence-corrected chi connectivity index (χ0v) is 16.0. The largest absolute Gasteiger partial charge is 0.300 e. The van der Waals surface area contributed by atoms with Crippen molar-refractivity contribution in [3.05, 3.63) is 41.7 Å². The van der Waals surface area contributed by atoms with Gasteiger partial charge in [-0.05, 0) is 24.0 Å². The second-order valence-electron chi connectivity index (χ2n) is 7.65. The summed E-state index contributed by atoms with van der Waals surface area (Å²) in [5, 5.41) is 0. The number of rotatable bonds is 2. The summed E-state index contributed by atoms with van der Waals surface area (Å²) in [4.78, 5) is 8.35. The van der Waals surface area contributed by atoms with Gasteiger partial charge >= 0.3 is 0 Å². The van der Waals surface area contributed by atoms with Crippen molar-refractivity contribution in [2.75, 3.05) is 7.05 Å². The van der Waals surface area contributed by atoms with Crippen molar-refractivity contribution in [3.63, 3.8) is 0 Å². The van der Waals surface area contributed by atoms with E-state index in [2.05, 4.69) is 69.6 Å². The molecule has 0 fully saturated rings. The highest BCUT2D eigenvalue weighted by Gasteiger charge is 2.15. The molecule has 126 valence electrons. The van der Waals surface area contributed by atoms with Crippen LogP contribution in [0.25, 0.3) is 0 Å². The van der Waals surface area contributed by atoms with E-state index in [-0.39, 0.29) is 16.7 Å². The van der Waals surface area contributed by atoms with Gasteiger partial charge in [-0.25, -0.2) is 0 Å². The molecule has 1 aromatic rings. The zero-order valence-electron chi connectivity index (χ0n) is 16.0. The molecule has 1 rings (SSSR count). The van der Waals surface area contributed by atoms with Gasteiger partial charge < -0.3 is 4.99 Å². The molecule has 1 atom stereocenters. The minimum Gasteiger partial charge on any atom is -0.300 e. The van der Waals surface area contributed by atoms with Crippen LogP contribution in [0.2, 0.25) is 0 Å². The lowest BCUT2D eigenvalue weighted by molar-refractivity contribution is 0.568. The molecular weight excluding hydrogens is 280 g/mol. The van der Waals surface area contributed by atoms with Gasteiger partial charge in [-0.2, -0.15) is 0 Å². The molecule has 0 aliphatic heterocycles. The summed E-state index contributed by atoms with van der Waals surface area (Å²) in [6.07, 6.45) is 13.3. The molecule has 1 heterocycles. The van der Waals surface area contributed by atoms with E-state index < -0.39 is 0 Å². The van der Waals surface area contributed by atoms with E-state index in [1.807, 2.05) is 31.5 Å². The highest BCUT2D eigenvalue weighted by Crippen LogP contribution is 2.22. The van der Waals surface area contributed by atoms with Gasteiger partial charge in [-0.15, -0.1) is 6.42 Å². The lowest BCUT2D eigenvalue weighted by Gasteiger charge is -2.18. The molecule has 0 aliphatic rings. The molecule has 0 saturated carbocycles. The van der Waals surface area contributed by atoms with Crippen LogP contribution < -0.4 is 0 Å². The Labute approximate surface area is 143 Å². The number of hydrogen-bond acceptors (Lipinski definition) is 2. The Balaban J connectivity index is 0.000000585. The monoisotopic (exact) mass is 312 g/mol. The SMILES string of the molecule is C#CC(/C=C\C)c1ccc(C(C)(C)C)nc1.CN=CC(C)(C)C. The fraction of sp³-hybridized carbons (Fsp3) is 0.524. The average Bonchev–Trinajstić information content (AvgIpc) is 2.43. The number of allylic oxidation sites excluding steroid dienone is 2. The number of hydrogen-bond donors (Lipinski definition) is 0. The molecule has 0 N–H and O–H groups in total. The molecule has 2 heteroatoms. The van der Waals surface area contributed by atoms with Crippen molar-refractivity contribution in [1.82, 2.24) is 4.98 Å². The summed E-state index contributed by atoms with van der Waals surface area (Å²) in [7, 11) is 1.80. The highest BCUT2D eigenvalue weighted by atomic mass is 14.7. The van der Waals surface area contributed by atoms with E-state index in [1.54, 1.807) is 7.05 Å². The summed E-state index contributed by atoms with van der Waals surface area (Å²) >= 11 is 0. The van der Waals surface area contributed by atoms with Crippen LogP contribution in [0.1, 0.15) is 65.6 Å². The summed E-state index contributed by atoms with van der Waals surface area (Å²) in [6.45, 7) is 14.8. The number of terminal acetylenes is 1. The number of aliphatic imine (C=N–C) groups is 1. The van der Waals surface area contributed by atoms with Crippen LogP contribution in [-0.2, 0) is 5.41 Å². The molecule has 23 heavy (non-hydrogen) atoms. The first-order valence-electron chi connectivity index (χ1n) is 8.04. The predicted molar refractivity (Wildman–Crippen MR) is 103 cm³/mol. The minimum atomic E-state index is 0.0338. The first kappa shape index (κ1) is 21.1. The van der Waals surface area contributed by atoms with Crippen LogP contribution in [0.15, 0.2) is 35.5 Å². The molecule has 0 aliphatic carbocycles. The minimum absolute atomic E-state index is 0.0338. The molecule has 1 aromatic heterocycles. The third-order valence-corrected chi connectivity index (χ3v) is 2.99.